The minimum Gasteiger partial charge on any atom is -0.331 e. The molecule has 0 spiro atoms. The summed E-state index contributed by atoms with van der Waals surface area (Å²) in [6, 6.07) is 46.5. The summed E-state index contributed by atoms with van der Waals surface area (Å²) in [5.41, 5.74) is 10.9. The van der Waals surface area contributed by atoms with E-state index in [-0.39, 0.29) is 11.8 Å². The van der Waals surface area contributed by atoms with E-state index < -0.39 is 0 Å². The van der Waals surface area contributed by atoms with Gasteiger partial charge in [-0.05, 0) is 51.6 Å². The van der Waals surface area contributed by atoms with E-state index in [9.17, 15) is 4.79 Å². The van der Waals surface area contributed by atoms with Crippen LogP contribution in [0.3, 0.4) is 0 Å². The molecule has 1 aromatic heterocycles. The van der Waals surface area contributed by atoms with Crippen LogP contribution in [-0.2, 0) is 0 Å². The van der Waals surface area contributed by atoms with Crippen molar-refractivity contribution in [3.8, 4) is 55.9 Å². The minimum absolute atomic E-state index is 0.149. The van der Waals surface area contributed by atoms with Crippen molar-refractivity contribution < 1.29 is 9.59 Å². The van der Waals surface area contributed by atoms with Gasteiger partial charge in [0.25, 0.3) is 11.8 Å². The standard InChI is InChI=1S/C45H33N3O2/c1-3-27-47(28-4-2)44(49)34-25-26-36-35(29-34)46-43-41-39(32-21-13-7-14-22-32)37(30-17-9-5-10-18-30)38(31-19-11-6-12-20-31)40(33-23-15-8-16-24-33)42(41)45(50)48(36)43/h3-26,29H,1-2,27-28H2. The zero-order valence-corrected chi connectivity index (χ0v) is 27.4. The Morgan fingerprint density at radius 3 is 1.44 bits per heavy atom. The third-order valence-electron chi connectivity index (χ3n) is 9.28. The Balaban J connectivity index is 1.50. The first kappa shape index (κ1) is 30.7. The molecule has 0 unspecified atom stereocenters. The lowest BCUT2D eigenvalue weighted by atomic mass is 9.77. The fourth-order valence-electron chi connectivity index (χ4n) is 7.19. The highest BCUT2D eigenvalue weighted by Gasteiger charge is 2.39. The van der Waals surface area contributed by atoms with Gasteiger partial charge in [0, 0.05) is 35.3 Å². The normalized spacial score (nSPS) is 11.6. The van der Waals surface area contributed by atoms with E-state index in [0.29, 0.717) is 41.1 Å². The molecule has 0 fully saturated rings. The van der Waals surface area contributed by atoms with Gasteiger partial charge in [-0.1, -0.05) is 133 Å². The van der Waals surface area contributed by atoms with Crippen LogP contribution in [0, 0.1) is 0 Å². The van der Waals surface area contributed by atoms with Crippen molar-refractivity contribution in [2.75, 3.05) is 13.1 Å². The molecule has 5 nitrogen and oxygen atoms in total. The highest BCUT2D eigenvalue weighted by Crippen LogP contribution is 2.55. The maximum absolute atomic E-state index is 15.1. The Kier molecular flexibility index (Phi) is 7.86. The summed E-state index contributed by atoms with van der Waals surface area (Å²) in [5, 5.41) is 0. The van der Waals surface area contributed by atoms with E-state index in [4.69, 9.17) is 4.98 Å². The molecule has 6 aromatic carbocycles. The largest absolute Gasteiger partial charge is 0.331 e. The predicted molar refractivity (Wildman–Crippen MR) is 203 cm³/mol. The Morgan fingerprint density at radius 2 is 1.00 bits per heavy atom. The van der Waals surface area contributed by atoms with Gasteiger partial charge >= 0.3 is 0 Å². The molecule has 0 saturated carbocycles. The van der Waals surface area contributed by atoms with Gasteiger partial charge in [0.2, 0.25) is 0 Å². The number of fused-ring (bicyclic) bond motifs is 5. The maximum atomic E-state index is 15.1. The molecular formula is C45H33N3O2. The minimum atomic E-state index is -0.151. The molecule has 0 aliphatic carbocycles. The lowest BCUT2D eigenvalue weighted by molar-refractivity contribution is 0.0790. The highest BCUT2D eigenvalue weighted by atomic mass is 16.2. The number of nitrogens with zero attached hydrogens (tertiary/aromatic N) is 3. The molecule has 7 aromatic rings. The van der Waals surface area contributed by atoms with Crippen LogP contribution < -0.4 is 0 Å². The lowest BCUT2D eigenvalue weighted by Crippen LogP contribution is -2.31. The number of hydrogen-bond acceptors (Lipinski definition) is 3. The number of rotatable bonds is 9. The molecule has 1 aliphatic heterocycles. The van der Waals surface area contributed by atoms with Crippen molar-refractivity contribution in [1.29, 1.82) is 0 Å². The number of benzene rings is 6. The van der Waals surface area contributed by atoms with Crippen molar-refractivity contribution in [2.24, 2.45) is 0 Å². The molecule has 1 amide bonds. The lowest BCUT2D eigenvalue weighted by Gasteiger charge is -2.24. The number of imidazole rings is 1. The van der Waals surface area contributed by atoms with Gasteiger partial charge in [-0.15, -0.1) is 13.2 Å². The van der Waals surface area contributed by atoms with Crippen LogP contribution in [0.15, 0.2) is 165 Å². The van der Waals surface area contributed by atoms with Gasteiger partial charge in [-0.25, -0.2) is 4.98 Å². The molecule has 0 saturated heterocycles. The van der Waals surface area contributed by atoms with Crippen LogP contribution >= 0.6 is 0 Å². The van der Waals surface area contributed by atoms with Crippen molar-refractivity contribution in [3.63, 3.8) is 0 Å². The first-order chi connectivity index (χ1) is 24.6. The average Bonchev–Trinajstić information content (AvgIpc) is 3.69. The van der Waals surface area contributed by atoms with E-state index in [1.54, 1.807) is 33.8 Å². The zero-order valence-electron chi connectivity index (χ0n) is 27.4. The van der Waals surface area contributed by atoms with Crippen LogP contribution in [-0.4, -0.2) is 39.4 Å². The van der Waals surface area contributed by atoms with Gasteiger partial charge in [0.05, 0.1) is 16.6 Å². The summed E-state index contributed by atoms with van der Waals surface area (Å²) in [5.74, 6) is 0.262. The molecule has 0 radical (unpaired) electrons. The molecule has 240 valence electrons. The zero-order chi connectivity index (χ0) is 34.2. The van der Waals surface area contributed by atoms with E-state index in [2.05, 4.69) is 73.8 Å². The molecular weight excluding hydrogens is 615 g/mol. The fourth-order valence-corrected chi connectivity index (χ4v) is 7.19. The number of aromatic nitrogens is 2. The van der Waals surface area contributed by atoms with E-state index in [1.807, 2.05) is 66.7 Å². The van der Waals surface area contributed by atoms with Crippen LogP contribution in [0.5, 0.6) is 0 Å². The molecule has 5 heteroatoms. The first-order valence-electron chi connectivity index (χ1n) is 16.6. The summed E-state index contributed by atoms with van der Waals surface area (Å²) in [7, 11) is 0. The highest BCUT2D eigenvalue weighted by molar-refractivity contribution is 6.24. The van der Waals surface area contributed by atoms with E-state index >= 15 is 4.79 Å². The van der Waals surface area contributed by atoms with Gasteiger partial charge in [0.1, 0.15) is 5.82 Å². The second-order valence-corrected chi connectivity index (χ2v) is 12.3. The molecule has 0 atom stereocenters. The smallest absolute Gasteiger partial charge is 0.265 e. The van der Waals surface area contributed by atoms with Gasteiger partial charge in [0.15, 0.2) is 0 Å². The van der Waals surface area contributed by atoms with Crippen LogP contribution in [0.1, 0.15) is 20.7 Å². The monoisotopic (exact) mass is 647 g/mol. The Bertz CT molecular complexity index is 2420. The Labute approximate surface area is 291 Å². The number of carbonyl (C=O) groups excluding carboxylic acids is 2. The molecule has 0 bridgehead atoms. The Morgan fingerprint density at radius 1 is 0.580 bits per heavy atom. The summed E-state index contributed by atoms with van der Waals surface area (Å²) in [6.07, 6.45) is 3.40. The van der Waals surface area contributed by atoms with Crippen LogP contribution in [0.2, 0.25) is 0 Å². The van der Waals surface area contributed by atoms with E-state index in [0.717, 1.165) is 50.1 Å². The third-order valence-corrected chi connectivity index (χ3v) is 9.28. The van der Waals surface area contributed by atoms with Crippen LogP contribution in [0.4, 0.5) is 0 Å². The van der Waals surface area contributed by atoms with Crippen molar-refractivity contribution >= 4 is 22.8 Å². The third kappa shape index (κ3) is 4.99. The summed E-state index contributed by atoms with van der Waals surface area (Å²) in [6.45, 7) is 8.40. The summed E-state index contributed by atoms with van der Waals surface area (Å²) < 4.78 is 1.72. The summed E-state index contributed by atoms with van der Waals surface area (Å²) >= 11 is 0. The van der Waals surface area contributed by atoms with Gasteiger partial charge in [-0.3, -0.25) is 14.2 Å². The number of amides is 1. The molecule has 1 aliphatic rings. The fraction of sp³-hybridized carbons (Fsp3) is 0.0444. The quantitative estimate of drug-likeness (QED) is 0.147. The van der Waals surface area contributed by atoms with Crippen molar-refractivity contribution in [1.82, 2.24) is 14.5 Å². The van der Waals surface area contributed by atoms with Crippen molar-refractivity contribution in [2.45, 2.75) is 0 Å². The van der Waals surface area contributed by atoms with E-state index in [1.165, 1.54) is 0 Å². The number of hydrogen-bond donors (Lipinski definition) is 0. The van der Waals surface area contributed by atoms with Crippen molar-refractivity contribution in [3.05, 3.63) is 176 Å². The maximum Gasteiger partial charge on any atom is 0.265 e. The topological polar surface area (TPSA) is 55.2 Å². The van der Waals surface area contributed by atoms with Gasteiger partial charge in [-0.2, -0.15) is 0 Å². The second kappa shape index (κ2) is 12.8. The molecule has 0 N–H and O–H groups in total. The molecule has 8 rings (SSSR count). The SMILES string of the molecule is C=CCN(CC=C)C(=O)c1ccc2c(c1)nc1n2C(=O)c2c(-c3ccccc3)c(-c3ccccc3)c(-c3ccccc3)c(-c3ccccc3)c2-1. The second-order valence-electron chi connectivity index (χ2n) is 12.3. The first-order valence-corrected chi connectivity index (χ1v) is 16.6. The number of carbonyl (C=O) groups is 2. The van der Waals surface area contributed by atoms with Gasteiger partial charge < -0.3 is 4.90 Å². The molecule has 50 heavy (non-hydrogen) atoms. The molecule has 2 heterocycles. The summed E-state index contributed by atoms with van der Waals surface area (Å²) in [4.78, 5) is 35.5. The Hall–Kier alpha value is -6.59. The van der Waals surface area contributed by atoms with Crippen LogP contribution in [0.25, 0.3) is 66.9 Å². The average molecular weight is 648 g/mol. The predicted octanol–water partition coefficient (Wildman–Crippen LogP) is 10.2.